The van der Waals surface area contributed by atoms with Crippen LogP contribution in [-0.2, 0) is 4.79 Å². The largest absolute Gasteiger partial charge is 0.310 e. The number of amides is 1. The van der Waals surface area contributed by atoms with E-state index in [2.05, 4.69) is 31.2 Å². The molecular weight excluding hydrogens is 356 g/mol. The molecule has 0 saturated carbocycles. The maximum absolute atomic E-state index is 12.2. The van der Waals surface area contributed by atoms with Crippen molar-refractivity contribution in [2.24, 2.45) is 0 Å². The van der Waals surface area contributed by atoms with E-state index in [9.17, 15) is 4.79 Å². The molecule has 0 spiro atoms. The predicted octanol–water partition coefficient (Wildman–Crippen LogP) is 3.50. The Morgan fingerprint density at radius 3 is 2.96 bits per heavy atom. The average molecular weight is 369 g/mol. The van der Waals surface area contributed by atoms with Gasteiger partial charge in [-0.05, 0) is 29.8 Å². The molecule has 1 aliphatic heterocycles. The predicted molar refractivity (Wildman–Crippen MR) is 90.6 cm³/mol. The van der Waals surface area contributed by atoms with Crippen molar-refractivity contribution < 1.29 is 4.79 Å². The Hall–Kier alpha value is -2.47. The zero-order valence-corrected chi connectivity index (χ0v) is 13.7. The highest BCUT2D eigenvalue weighted by Gasteiger charge is 2.31. The van der Waals surface area contributed by atoms with Crippen LogP contribution in [0.4, 0.5) is 5.82 Å². The van der Waals surface area contributed by atoms with Crippen molar-refractivity contribution in [2.75, 3.05) is 5.32 Å². The summed E-state index contributed by atoms with van der Waals surface area (Å²) in [5, 5.41) is 2.94. The third-order valence-corrected chi connectivity index (χ3v) is 4.44. The van der Waals surface area contributed by atoms with Crippen LogP contribution in [0.1, 0.15) is 23.6 Å². The normalized spacial score (nSPS) is 16.7. The van der Waals surface area contributed by atoms with Crippen LogP contribution in [0.15, 0.2) is 59.6 Å². The average Bonchev–Trinajstić information content (AvgIpc) is 2.98. The smallest absolute Gasteiger partial charge is 0.226 e. The van der Waals surface area contributed by atoms with Crippen molar-refractivity contribution in [3.05, 3.63) is 70.8 Å². The first kappa shape index (κ1) is 14.1. The number of halogens is 1. The molecule has 0 aliphatic carbocycles. The Morgan fingerprint density at radius 1 is 1.26 bits per heavy atom. The van der Waals surface area contributed by atoms with Crippen LogP contribution in [-0.4, -0.2) is 20.4 Å². The van der Waals surface area contributed by atoms with Crippen molar-refractivity contribution >= 4 is 27.7 Å². The molecule has 3 aromatic rings. The lowest BCUT2D eigenvalue weighted by Gasteiger charge is -2.23. The molecule has 6 heteroatoms. The van der Waals surface area contributed by atoms with E-state index >= 15 is 0 Å². The number of anilines is 1. The van der Waals surface area contributed by atoms with E-state index < -0.39 is 0 Å². The maximum Gasteiger partial charge on any atom is 0.226 e. The van der Waals surface area contributed by atoms with Gasteiger partial charge in [-0.15, -0.1) is 0 Å². The summed E-state index contributed by atoms with van der Waals surface area (Å²) in [6.07, 6.45) is 5.60. The number of carbonyl (C=O) groups is 1. The van der Waals surface area contributed by atoms with Crippen LogP contribution in [0.2, 0.25) is 0 Å². The van der Waals surface area contributed by atoms with E-state index in [0.29, 0.717) is 6.42 Å². The van der Waals surface area contributed by atoms with Crippen LogP contribution in [0.3, 0.4) is 0 Å². The van der Waals surface area contributed by atoms with Crippen molar-refractivity contribution in [3.63, 3.8) is 0 Å². The van der Waals surface area contributed by atoms with Gasteiger partial charge in [-0.2, -0.15) is 0 Å². The van der Waals surface area contributed by atoms with E-state index in [1.165, 1.54) is 0 Å². The topological polar surface area (TPSA) is 59.8 Å². The highest BCUT2D eigenvalue weighted by Crippen LogP contribution is 2.37. The van der Waals surface area contributed by atoms with Crippen molar-refractivity contribution in [2.45, 2.75) is 12.3 Å². The summed E-state index contributed by atoms with van der Waals surface area (Å²) in [7, 11) is 0. The molecule has 23 heavy (non-hydrogen) atoms. The lowest BCUT2D eigenvalue weighted by Crippen LogP contribution is -2.24. The fourth-order valence-corrected chi connectivity index (χ4v) is 3.31. The van der Waals surface area contributed by atoms with E-state index in [0.717, 1.165) is 27.2 Å². The van der Waals surface area contributed by atoms with Gasteiger partial charge >= 0.3 is 0 Å². The first-order valence-corrected chi connectivity index (χ1v) is 8.04. The standard InChI is InChI=1S/C17H13BrN4O/c18-12-4-1-3-11(7-12)14-8-15(23)21-17-16(14)20-10-22(17)13-5-2-6-19-9-13/h1-7,9-10,14H,8H2,(H,21,23)/t14-/m1/s1. The van der Waals surface area contributed by atoms with Gasteiger partial charge in [-0.3, -0.25) is 14.3 Å². The number of hydrogen-bond donors (Lipinski definition) is 1. The van der Waals surface area contributed by atoms with Gasteiger partial charge in [0, 0.05) is 23.0 Å². The Kier molecular flexibility index (Phi) is 3.46. The number of hydrogen-bond acceptors (Lipinski definition) is 3. The molecule has 5 nitrogen and oxygen atoms in total. The number of nitrogens with one attached hydrogen (secondary N) is 1. The van der Waals surface area contributed by atoms with Gasteiger partial charge in [0.15, 0.2) is 0 Å². The molecule has 0 radical (unpaired) electrons. The SMILES string of the molecule is O=C1C[C@H](c2cccc(Br)c2)c2ncn(-c3cccnc3)c2N1. The molecule has 1 aliphatic rings. The van der Waals surface area contributed by atoms with Gasteiger partial charge in [0.25, 0.3) is 0 Å². The van der Waals surface area contributed by atoms with Gasteiger partial charge in [-0.25, -0.2) is 4.98 Å². The number of imidazole rings is 1. The van der Waals surface area contributed by atoms with Crippen LogP contribution < -0.4 is 5.32 Å². The summed E-state index contributed by atoms with van der Waals surface area (Å²) in [6.45, 7) is 0. The van der Waals surface area contributed by atoms with Crippen LogP contribution in [0.25, 0.3) is 5.69 Å². The zero-order valence-electron chi connectivity index (χ0n) is 12.1. The first-order valence-electron chi connectivity index (χ1n) is 7.25. The minimum Gasteiger partial charge on any atom is -0.310 e. The quantitative estimate of drug-likeness (QED) is 0.752. The molecule has 1 N–H and O–H groups in total. The Labute approximate surface area is 141 Å². The van der Waals surface area contributed by atoms with Gasteiger partial charge in [0.2, 0.25) is 5.91 Å². The Morgan fingerprint density at radius 2 is 2.17 bits per heavy atom. The summed E-state index contributed by atoms with van der Waals surface area (Å²) in [4.78, 5) is 20.9. The molecule has 2 aromatic heterocycles. The molecule has 0 saturated heterocycles. The van der Waals surface area contributed by atoms with Crippen molar-refractivity contribution in [1.82, 2.24) is 14.5 Å². The van der Waals surface area contributed by atoms with E-state index in [-0.39, 0.29) is 11.8 Å². The summed E-state index contributed by atoms with van der Waals surface area (Å²) in [5.41, 5.74) is 2.83. The van der Waals surface area contributed by atoms with Gasteiger partial charge < -0.3 is 5.32 Å². The van der Waals surface area contributed by atoms with Crippen molar-refractivity contribution in [3.8, 4) is 5.69 Å². The first-order chi connectivity index (χ1) is 11.2. The lowest BCUT2D eigenvalue weighted by molar-refractivity contribution is -0.116. The minimum absolute atomic E-state index is 0.00637. The summed E-state index contributed by atoms with van der Waals surface area (Å²) < 4.78 is 2.86. The van der Waals surface area contributed by atoms with E-state index in [4.69, 9.17) is 0 Å². The third kappa shape index (κ3) is 2.55. The highest BCUT2D eigenvalue weighted by atomic mass is 79.9. The monoisotopic (exact) mass is 368 g/mol. The second kappa shape index (κ2) is 5.62. The van der Waals surface area contributed by atoms with Crippen molar-refractivity contribution in [1.29, 1.82) is 0 Å². The number of pyridine rings is 1. The number of rotatable bonds is 2. The number of benzene rings is 1. The molecule has 3 heterocycles. The van der Waals surface area contributed by atoms with Crippen LogP contribution in [0.5, 0.6) is 0 Å². The highest BCUT2D eigenvalue weighted by molar-refractivity contribution is 9.10. The fourth-order valence-electron chi connectivity index (χ4n) is 2.90. The van der Waals surface area contributed by atoms with E-state index in [1.807, 2.05) is 41.0 Å². The molecule has 1 amide bonds. The lowest BCUT2D eigenvalue weighted by atomic mass is 9.90. The Balaban J connectivity index is 1.83. The molecular formula is C17H13BrN4O. The molecule has 1 aromatic carbocycles. The summed E-state index contributed by atoms with van der Waals surface area (Å²) in [5.74, 6) is 0.668. The molecule has 4 rings (SSSR count). The number of nitrogens with zero attached hydrogens (tertiary/aromatic N) is 3. The van der Waals surface area contributed by atoms with Gasteiger partial charge in [0.1, 0.15) is 12.1 Å². The minimum atomic E-state index is -0.0471. The number of aromatic nitrogens is 3. The maximum atomic E-state index is 12.2. The molecule has 0 bridgehead atoms. The van der Waals surface area contributed by atoms with Gasteiger partial charge in [0.05, 0.1) is 17.6 Å². The van der Waals surface area contributed by atoms with Gasteiger partial charge in [-0.1, -0.05) is 28.1 Å². The molecule has 0 unspecified atom stereocenters. The van der Waals surface area contributed by atoms with Crippen LogP contribution >= 0.6 is 15.9 Å². The molecule has 1 atom stereocenters. The summed E-state index contributed by atoms with van der Waals surface area (Å²) >= 11 is 3.49. The molecule has 114 valence electrons. The summed E-state index contributed by atoms with van der Waals surface area (Å²) in [6, 6.07) is 11.8. The number of carbonyl (C=O) groups excluding carboxylic acids is 1. The molecule has 0 fully saturated rings. The Bertz CT molecular complexity index is 875. The fraction of sp³-hybridized carbons (Fsp3) is 0.118. The second-order valence-corrected chi connectivity index (χ2v) is 6.34. The zero-order chi connectivity index (χ0) is 15.8. The van der Waals surface area contributed by atoms with Crippen LogP contribution in [0, 0.1) is 0 Å². The number of fused-ring (bicyclic) bond motifs is 1. The van der Waals surface area contributed by atoms with E-state index in [1.54, 1.807) is 18.7 Å². The second-order valence-electron chi connectivity index (χ2n) is 5.42. The third-order valence-electron chi connectivity index (χ3n) is 3.95.